The molecule has 1 aromatic rings. The van der Waals surface area contributed by atoms with Crippen molar-refractivity contribution < 1.29 is 32.3 Å². The van der Waals surface area contributed by atoms with Crippen LogP contribution in [0.5, 0.6) is 0 Å². The number of hydrogen-bond acceptors (Lipinski definition) is 7. The molecule has 1 aliphatic rings. The van der Waals surface area contributed by atoms with Crippen molar-refractivity contribution >= 4 is 27.9 Å². The molecule has 2 rings (SSSR count). The molecule has 0 aliphatic carbocycles. The molecule has 10 heteroatoms. The highest BCUT2D eigenvalue weighted by Gasteiger charge is 2.32. The molecule has 1 amide bonds. The van der Waals surface area contributed by atoms with E-state index < -0.39 is 41.0 Å². The summed E-state index contributed by atoms with van der Waals surface area (Å²) in [6.45, 7) is 3.92. The second-order valence-corrected chi connectivity index (χ2v) is 9.55. The maximum atomic E-state index is 13.1. The van der Waals surface area contributed by atoms with Gasteiger partial charge in [-0.25, -0.2) is 8.42 Å². The SMILES string of the molecule is COC(=O)CN(CC(=O)OC)C(=O)c1cccc(S(=O)(=O)N2CC(C)CC(C)C2)c1. The number of rotatable bonds is 7. The molecule has 166 valence electrons. The number of sulfonamides is 1. The number of hydrogen-bond donors (Lipinski definition) is 0. The fraction of sp³-hybridized carbons (Fsp3) is 0.550. The molecule has 1 fully saturated rings. The van der Waals surface area contributed by atoms with E-state index >= 15 is 0 Å². The topological polar surface area (TPSA) is 110 Å². The number of nitrogens with zero attached hydrogens (tertiary/aromatic N) is 2. The van der Waals surface area contributed by atoms with E-state index in [2.05, 4.69) is 9.47 Å². The highest BCUT2D eigenvalue weighted by molar-refractivity contribution is 7.89. The second kappa shape index (κ2) is 10.0. The van der Waals surface area contributed by atoms with Gasteiger partial charge >= 0.3 is 11.9 Å². The molecule has 30 heavy (non-hydrogen) atoms. The standard InChI is InChI=1S/C20H28N2O7S/c1-14-8-15(2)11-22(10-14)30(26,27)17-7-5-6-16(9-17)20(25)21(12-18(23)28-3)13-19(24)29-4/h5-7,9,14-15H,8,10-13H2,1-4H3. The van der Waals surface area contributed by atoms with E-state index in [1.165, 1.54) is 28.6 Å². The molecule has 0 radical (unpaired) electrons. The Balaban J connectivity index is 2.32. The summed E-state index contributed by atoms with van der Waals surface area (Å²) in [5.74, 6) is -1.63. The predicted molar refractivity (Wildman–Crippen MR) is 108 cm³/mol. The fourth-order valence-corrected chi connectivity index (χ4v) is 5.29. The number of benzene rings is 1. The summed E-state index contributed by atoms with van der Waals surface area (Å²) in [4.78, 5) is 37.2. The van der Waals surface area contributed by atoms with Crippen molar-refractivity contribution in [1.82, 2.24) is 9.21 Å². The van der Waals surface area contributed by atoms with Gasteiger partial charge in [-0.3, -0.25) is 14.4 Å². The molecule has 9 nitrogen and oxygen atoms in total. The lowest BCUT2D eigenvalue weighted by molar-refractivity contribution is -0.144. The van der Waals surface area contributed by atoms with Crippen LogP contribution in [0.15, 0.2) is 29.2 Å². The summed E-state index contributed by atoms with van der Waals surface area (Å²) in [5, 5.41) is 0. The minimum atomic E-state index is -3.79. The van der Waals surface area contributed by atoms with Gasteiger partial charge in [0.25, 0.3) is 5.91 Å². The quantitative estimate of drug-likeness (QED) is 0.585. The van der Waals surface area contributed by atoms with E-state index in [4.69, 9.17) is 0 Å². The van der Waals surface area contributed by atoms with E-state index in [0.717, 1.165) is 25.5 Å². The van der Waals surface area contributed by atoms with Gasteiger partial charge in [0, 0.05) is 18.7 Å². The Labute approximate surface area is 177 Å². The molecule has 0 aromatic heterocycles. The van der Waals surface area contributed by atoms with Gasteiger partial charge in [-0.05, 0) is 36.5 Å². The summed E-state index contributed by atoms with van der Waals surface area (Å²) in [6, 6.07) is 5.60. The average Bonchev–Trinajstić information content (AvgIpc) is 2.71. The molecule has 2 unspecified atom stereocenters. The highest BCUT2D eigenvalue weighted by Crippen LogP contribution is 2.27. The summed E-state index contributed by atoms with van der Waals surface area (Å²) in [7, 11) is -1.46. The van der Waals surface area contributed by atoms with Crippen LogP contribution >= 0.6 is 0 Å². The molecule has 1 aliphatic heterocycles. The van der Waals surface area contributed by atoms with Crippen molar-refractivity contribution in [3.8, 4) is 0 Å². The number of esters is 2. The number of methoxy groups -OCH3 is 2. The molecule has 2 atom stereocenters. The van der Waals surface area contributed by atoms with E-state index in [0.29, 0.717) is 13.1 Å². The maximum absolute atomic E-state index is 13.1. The Hall–Kier alpha value is -2.46. The molecule has 0 saturated carbocycles. The number of piperidine rings is 1. The third kappa shape index (κ3) is 5.79. The van der Waals surface area contributed by atoms with Crippen LogP contribution < -0.4 is 0 Å². The van der Waals surface area contributed by atoms with Crippen molar-refractivity contribution in [2.75, 3.05) is 40.4 Å². The van der Waals surface area contributed by atoms with Crippen LogP contribution in [0.2, 0.25) is 0 Å². The van der Waals surface area contributed by atoms with Crippen LogP contribution in [0.1, 0.15) is 30.6 Å². The van der Waals surface area contributed by atoms with Gasteiger partial charge in [0.2, 0.25) is 10.0 Å². The molecule has 1 heterocycles. The largest absolute Gasteiger partial charge is 0.468 e. The van der Waals surface area contributed by atoms with Crippen molar-refractivity contribution in [2.45, 2.75) is 25.2 Å². The van der Waals surface area contributed by atoms with Crippen molar-refractivity contribution in [2.24, 2.45) is 11.8 Å². The first-order valence-corrected chi connectivity index (χ1v) is 11.1. The first-order valence-electron chi connectivity index (χ1n) is 9.61. The molecule has 0 spiro atoms. The highest BCUT2D eigenvalue weighted by atomic mass is 32.2. The Bertz CT molecular complexity index is 872. The van der Waals surface area contributed by atoms with Gasteiger partial charge in [-0.15, -0.1) is 0 Å². The van der Waals surface area contributed by atoms with Crippen LogP contribution in [0.4, 0.5) is 0 Å². The van der Waals surface area contributed by atoms with Crippen molar-refractivity contribution in [1.29, 1.82) is 0 Å². The van der Waals surface area contributed by atoms with Crippen LogP contribution in [-0.2, 0) is 29.1 Å². The van der Waals surface area contributed by atoms with Crippen LogP contribution in [0.25, 0.3) is 0 Å². The third-order valence-electron chi connectivity index (χ3n) is 4.94. The van der Waals surface area contributed by atoms with Gasteiger partial charge < -0.3 is 14.4 Å². The van der Waals surface area contributed by atoms with E-state index in [1.807, 2.05) is 13.8 Å². The average molecular weight is 441 g/mol. The summed E-state index contributed by atoms with van der Waals surface area (Å²) >= 11 is 0. The first-order chi connectivity index (χ1) is 14.1. The van der Waals surface area contributed by atoms with Gasteiger partial charge in [-0.1, -0.05) is 19.9 Å². The Morgan fingerprint density at radius 3 is 2.07 bits per heavy atom. The third-order valence-corrected chi connectivity index (χ3v) is 6.76. The van der Waals surface area contributed by atoms with Gasteiger partial charge in [0.1, 0.15) is 13.1 Å². The van der Waals surface area contributed by atoms with Crippen molar-refractivity contribution in [3.63, 3.8) is 0 Å². The number of carbonyl (C=O) groups excluding carboxylic acids is 3. The summed E-state index contributed by atoms with van der Waals surface area (Å²) in [5.41, 5.74) is 0.0435. The predicted octanol–water partition coefficient (Wildman–Crippen LogP) is 1.14. The zero-order valence-corrected chi connectivity index (χ0v) is 18.5. The Morgan fingerprint density at radius 1 is 1.03 bits per heavy atom. The minimum absolute atomic E-state index is 0.00858. The van der Waals surface area contributed by atoms with E-state index in [9.17, 15) is 22.8 Å². The van der Waals surface area contributed by atoms with Gasteiger partial charge in [0.15, 0.2) is 0 Å². The molecular formula is C20H28N2O7S. The summed E-state index contributed by atoms with van der Waals surface area (Å²) < 4.78 is 36.8. The normalized spacial score (nSPS) is 19.7. The minimum Gasteiger partial charge on any atom is -0.468 e. The molecule has 0 bridgehead atoms. The monoisotopic (exact) mass is 440 g/mol. The van der Waals surface area contributed by atoms with Gasteiger partial charge in [0.05, 0.1) is 19.1 Å². The molecular weight excluding hydrogens is 412 g/mol. The van der Waals surface area contributed by atoms with Gasteiger partial charge in [-0.2, -0.15) is 4.31 Å². The second-order valence-electron chi connectivity index (χ2n) is 7.61. The van der Waals surface area contributed by atoms with Crippen molar-refractivity contribution in [3.05, 3.63) is 29.8 Å². The molecule has 0 N–H and O–H groups in total. The number of amides is 1. The van der Waals surface area contributed by atoms with Crippen LogP contribution in [0, 0.1) is 11.8 Å². The number of ether oxygens (including phenoxy) is 2. The zero-order chi connectivity index (χ0) is 22.5. The number of carbonyl (C=O) groups is 3. The first kappa shape index (κ1) is 23.8. The van der Waals surface area contributed by atoms with Crippen LogP contribution in [-0.4, -0.2) is 75.9 Å². The Kier molecular flexibility index (Phi) is 7.96. The lowest BCUT2D eigenvalue weighted by atomic mass is 9.94. The van der Waals surface area contributed by atoms with E-state index in [-0.39, 0.29) is 22.3 Å². The Morgan fingerprint density at radius 2 is 1.57 bits per heavy atom. The smallest absolute Gasteiger partial charge is 0.325 e. The lowest BCUT2D eigenvalue weighted by Crippen LogP contribution is -2.42. The zero-order valence-electron chi connectivity index (χ0n) is 17.7. The lowest BCUT2D eigenvalue weighted by Gasteiger charge is -2.34. The van der Waals surface area contributed by atoms with E-state index in [1.54, 1.807) is 0 Å². The van der Waals surface area contributed by atoms with Crippen LogP contribution in [0.3, 0.4) is 0 Å². The molecule has 1 aromatic carbocycles. The maximum Gasteiger partial charge on any atom is 0.325 e. The fourth-order valence-electron chi connectivity index (χ4n) is 3.56. The molecule has 1 saturated heterocycles. The summed E-state index contributed by atoms with van der Waals surface area (Å²) in [6.07, 6.45) is 0.959.